The van der Waals surface area contributed by atoms with Gasteiger partial charge in [0.2, 0.25) is 0 Å². The molecule has 3 rings (SSSR count). The van der Waals surface area contributed by atoms with Gasteiger partial charge >= 0.3 is 0 Å². The molecule has 0 saturated carbocycles. The molecule has 0 radical (unpaired) electrons. The summed E-state index contributed by atoms with van der Waals surface area (Å²) < 4.78 is 15.0. The molecule has 1 unspecified atom stereocenters. The van der Waals surface area contributed by atoms with E-state index in [0.717, 1.165) is 25.1 Å². The van der Waals surface area contributed by atoms with Crippen LogP contribution < -0.4 is 5.32 Å². The van der Waals surface area contributed by atoms with Crippen LogP contribution in [0.2, 0.25) is 0 Å². The Balaban J connectivity index is 1.92. The number of nitrogens with one attached hydrogen (secondary N) is 1. The average molecular weight is 257 g/mol. The fraction of sp³-hybridized carbons (Fsp3) is 0.412. The highest BCUT2D eigenvalue weighted by molar-refractivity contribution is 5.85. The zero-order valence-electron chi connectivity index (χ0n) is 11.2. The van der Waals surface area contributed by atoms with Crippen LogP contribution in [-0.2, 0) is 6.42 Å². The number of rotatable bonds is 2. The van der Waals surface area contributed by atoms with Crippen molar-refractivity contribution in [1.29, 1.82) is 0 Å². The van der Waals surface area contributed by atoms with Gasteiger partial charge in [0.05, 0.1) is 0 Å². The smallest absolute Gasteiger partial charge is 0.116 e. The van der Waals surface area contributed by atoms with E-state index in [-0.39, 0.29) is 0 Å². The lowest BCUT2D eigenvalue weighted by atomic mass is 9.87. The SMILES string of the molecule is FC1(Cc2cccc3ccccc23)CCCNCC1. The van der Waals surface area contributed by atoms with Gasteiger partial charge in [-0.05, 0) is 48.7 Å². The van der Waals surface area contributed by atoms with Gasteiger partial charge in [-0.15, -0.1) is 0 Å². The van der Waals surface area contributed by atoms with Crippen molar-refractivity contribution in [3.05, 3.63) is 48.0 Å². The summed E-state index contributed by atoms with van der Waals surface area (Å²) >= 11 is 0. The molecule has 0 amide bonds. The Labute approximate surface area is 113 Å². The van der Waals surface area contributed by atoms with Gasteiger partial charge < -0.3 is 5.32 Å². The third kappa shape index (κ3) is 2.79. The van der Waals surface area contributed by atoms with Crippen molar-refractivity contribution in [3.63, 3.8) is 0 Å². The first kappa shape index (κ1) is 12.6. The zero-order chi connectivity index (χ0) is 13.1. The van der Waals surface area contributed by atoms with Gasteiger partial charge in [-0.3, -0.25) is 0 Å². The van der Waals surface area contributed by atoms with Crippen LogP contribution in [0, 0.1) is 0 Å². The van der Waals surface area contributed by atoms with Gasteiger partial charge in [0, 0.05) is 6.42 Å². The first-order valence-electron chi connectivity index (χ1n) is 7.13. The van der Waals surface area contributed by atoms with Gasteiger partial charge in [-0.1, -0.05) is 42.5 Å². The standard InChI is InChI=1S/C17H20FN/c18-17(9-4-11-19-12-10-17)13-15-7-3-6-14-5-1-2-8-16(14)15/h1-3,5-8,19H,4,9-13H2. The number of hydrogen-bond acceptors (Lipinski definition) is 1. The molecule has 1 atom stereocenters. The van der Waals surface area contributed by atoms with Crippen LogP contribution >= 0.6 is 0 Å². The van der Waals surface area contributed by atoms with Gasteiger partial charge in [0.25, 0.3) is 0 Å². The van der Waals surface area contributed by atoms with E-state index in [1.165, 1.54) is 10.8 Å². The maximum absolute atomic E-state index is 15.0. The molecule has 2 heteroatoms. The van der Waals surface area contributed by atoms with E-state index in [2.05, 4.69) is 29.6 Å². The van der Waals surface area contributed by atoms with E-state index in [4.69, 9.17) is 0 Å². The molecule has 0 spiro atoms. The van der Waals surface area contributed by atoms with Crippen molar-refractivity contribution in [2.75, 3.05) is 13.1 Å². The summed E-state index contributed by atoms with van der Waals surface area (Å²) in [7, 11) is 0. The number of halogens is 1. The second kappa shape index (κ2) is 5.30. The quantitative estimate of drug-likeness (QED) is 0.861. The van der Waals surface area contributed by atoms with E-state index in [9.17, 15) is 0 Å². The molecule has 2 aromatic carbocycles. The lowest BCUT2D eigenvalue weighted by Gasteiger charge is -2.24. The molecular weight excluding hydrogens is 237 g/mol. The van der Waals surface area contributed by atoms with Crippen LogP contribution in [0.5, 0.6) is 0 Å². The molecule has 0 bridgehead atoms. The summed E-state index contributed by atoms with van der Waals surface area (Å²) in [5.41, 5.74) is 0.0932. The van der Waals surface area contributed by atoms with Crippen LogP contribution in [0.3, 0.4) is 0 Å². The molecule has 1 N–H and O–H groups in total. The molecule has 1 aliphatic rings. The lowest BCUT2D eigenvalue weighted by Crippen LogP contribution is -2.27. The van der Waals surface area contributed by atoms with Crippen molar-refractivity contribution in [2.45, 2.75) is 31.4 Å². The zero-order valence-corrected chi connectivity index (χ0v) is 11.2. The number of benzene rings is 2. The Morgan fingerprint density at radius 2 is 1.84 bits per heavy atom. The molecule has 1 nitrogen and oxygen atoms in total. The summed E-state index contributed by atoms with van der Waals surface area (Å²) in [4.78, 5) is 0. The van der Waals surface area contributed by atoms with Crippen molar-refractivity contribution in [1.82, 2.24) is 5.32 Å². The molecule has 100 valence electrons. The topological polar surface area (TPSA) is 12.0 Å². The predicted molar refractivity (Wildman–Crippen MR) is 78.2 cm³/mol. The lowest BCUT2D eigenvalue weighted by molar-refractivity contribution is 0.145. The highest BCUT2D eigenvalue weighted by Gasteiger charge is 2.31. The second-order valence-corrected chi connectivity index (χ2v) is 5.57. The van der Waals surface area contributed by atoms with E-state index < -0.39 is 5.67 Å². The molecule has 0 aromatic heterocycles. The summed E-state index contributed by atoms with van der Waals surface area (Å²) in [6.07, 6.45) is 2.76. The van der Waals surface area contributed by atoms with Gasteiger partial charge in [0.1, 0.15) is 5.67 Å². The fourth-order valence-corrected chi connectivity index (χ4v) is 3.06. The van der Waals surface area contributed by atoms with Crippen molar-refractivity contribution < 1.29 is 4.39 Å². The van der Waals surface area contributed by atoms with Crippen molar-refractivity contribution in [2.24, 2.45) is 0 Å². The summed E-state index contributed by atoms with van der Waals surface area (Å²) in [6.45, 7) is 1.74. The minimum Gasteiger partial charge on any atom is -0.317 e. The van der Waals surface area contributed by atoms with Crippen LogP contribution in [0.4, 0.5) is 4.39 Å². The molecule has 19 heavy (non-hydrogen) atoms. The maximum Gasteiger partial charge on any atom is 0.116 e. The van der Waals surface area contributed by atoms with Crippen LogP contribution in [0.15, 0.2) is 42.5 Å². The molecule has 0 aliphatic carbocycles. The normalized spacial score (nSPS) is 24.3. The maximum atomic E-state index is 15.0. The van der Waals surface area contributed by atoms with Gasteiger partial charge in [0.15, 0.2) is 0 Å². The monoisotopic (exact) mass is 257 g/mol. The summed E-state index contributed by atoms with van der Waals surface area (Å²) in [5.74, 6) is 0. The Morgan fingerprint density at radius 1 is 1.00 bits per heavy atom. The first-order chi connectivity index (χ1) is 9.27. The molecule has 1 fully saturated rings. The summed E-state index contributed by atoms with van der Waals surface area (Å²) in [5, 5.41) is 5.68. The van der Waals surface area contributed by atoms with Crippen molar-refractivity contribution >= 4 is 10.8 Å². The van der Waals surface area contributed by atoms with E-state index in [1.54, 1.807) is 0 Å². The fourth-order valence-electron chi connectivity index (χ4n) is 3.06. The highest BCUT2D eigenvalue weighted by Crippen LogP contribution is 2.31. The number of hydrogen-bond donors (Lipinski definition) is 1. The number of alkyl halides is 1. The van der Waals surface area contributed by atoms with Gasteiger partial charge in [-0.2, -0.15) is 0 Å². The minimum absolute atomic E-state index is 0.538. The third-order valence-electron chi connectivity index (χ3n) is 4.12. The van der Waals surface area contributed by atoms with Crippen LogP contribution in [0.1, 0.15) is 24.8 Å². The average Bonchev–Trinajstić information content (AvgIpc) is 2.64. The Morgan fingerprint density at radius 3 is 2.79 bits per heavy atom. The molecular formula is C17H20FN. The number of fused-ring (bicyclic) bond motifs is 1. The largest absolute Gasteiger partial charge is 0.317 e. The Kier molecular flexibility index (Phi) is 3.52. The highest BCUT2D eigenvalue weighted by atomic mass is 19.1. The van der Waals surface area contributed by atoms with Crippen LogP contribution in [-0.4, -0.2) is 18.8 Å². The van der Waals surface area contributed by atoms with E-state index >= 15 is 4.39 Å². The Hall–Kier alpha value is -1.41. The molecule has 1 saturated heterocycles. The van der Waals surface area contributed by atoms with E-state index in [0.29, 0.717) is 19.3 Å². The minimum atomic E-state index is -1.05. The predicted octanol–water partition coefficient (Wildman–Crippen LogP) is 3.86. The molecule has 2 aromatic rings. The molecule has 1 aliphatic heterocycles. The Bertz CT molecular complexity index is 551. The summed E-state index contributed by atoms with van der Waals surface area (Å²) in [6, 6.07) is 14.5. The second-order valence-electron chi connectivity index (χ2n) is 5.57. The van der Waals surface area contributed by atoms with Crippen molar-refractivity contribution in [3.8, 4) is 0 Å². The first-order valence-corrected chi connectivity index (χ1v) is 7.13. The third-order valence-corrected chi connectivity index (χ3v) is 4.12. The van der Waals surface area contributed by atoms with Crippen LogP contribution in [0.25, 0.3) is 10.8 Å². The molecule has 1 heterocycles. The van der Waals surface area contributed by atoms with E-state index in [1.807, 2.05) is 18.2 Å². The van der Waals surface area contributed by atoms with Gasteiger partial charge in [-0.25, -0.2) is 4.39 Å².